The van der Waals surface area contributed by atoms with Crippen molar-refractivity contribution in [2.75, 3.05) is 6.54 Å². The van der Waals surface area contributed by atoms with Crippen LogP contribution in [0.1, 0.15) is 24.1 Å². The van der Waals surface area contributed by atoms with Crippen LogP contribution in [0.2, 0.25) is 0 Å². The molecule has 132 valence electrons. The van der Waals surface area contributed by atoms with E-state index in [-0.39, 0.29) is 30.8 Å². The zero-order valence-corrected chi connectivity index (χ0v) is 14.7. The lowest BCUT2D eigenvalue weighted by Crippen LogP contribution is -2.38. The van der Waals surface area contributed by atoms with Gasteiger partial charge in [0.1, 0.15) is 0 Å². The van der Waals surface area contributed by atoms with E-state index in [9.17, 15) is 9.59 Å². The van der Waals surface area contributed by atoms with Crippen molar-refractivity contribution in [2.45, 2.75) is 19.4 Å². The number of nitrogens with one attached hydrogen (secondary N) is 2. The van der Waals surface area contributed by atoms with Gasteiger partial charge < -0.3 is 10.6 Å². The quantitative estimate of drug-likeness (QED) is 0.719. The minimum Gasteiger partial charge on any atom is -0.348 e. The lowest BCUT2D eigenvalue weighted by Gasteiger charge is -2.14. The number of benzene rings is 3. The first-order chi connectivity index (χ1) is 12.6. The lowest BCUT2D eigenvalue weighted by atomic mass is 10.0. The summed E-state index contributed by atoms with van der Waals surface area (Å²) in [6.45, 7) is 1.89. The molecule has 0 unspecified atom stereocenters. The molecule has 2 amide bonds. The second kappa shape index (κ2) is 8.30. The van der Waals surface area contributed by atoms with E-state index in [1.54, 1.807) is 0 Å². The molecule has 4 nitrogen and oxygen atoms in total. The van der Waals surface area contributed by atoms with Crippen molar-refractivity contribution >= 4 is 22.6 Å². The number of hydrogen-bond donors (Lipinski definition) is 2. The minimum absolute atomic E-state index is 0.0270. The molecule has 0 radical (unpaired) electrons. The second-order valence-corrected chi connectivity index (χ2v) is 6.29. The zero-order valence-electron chi connectivity index (χ0n) is 14.7. The first kappa shape index (κ1) is 17.7. The zero-order chi connectivity index (χ0) is 18.4. The summed E-state index contributed by atoms with van der Waals surface area (Å²) in [5.74, 6) is -0.364. The van der Waals surface area contributed by atoms with Crippen LogP contribution in [0.25, 0.3) is 10.8 Å². The maximum absolute atomic E-state index is 12.2. The SMILES string of the molecule is C[C@@H](NC(=O)CNC(=O)Cc1cccc2ccccc12)c1ccccc1. The maximum atomic E-state index is 12.2. The molecule has 0 saturated carbocycles. The van der Waals surface area contributed by atoms with Crippen LogP contribution in [-0.2, 0) is 16.0 Å². The van der Waals surface area contributed by atoms with E-state index in [0.717, 1.165) is 21.9 Å². The van der Waals surface area contributed by atoms with Crippen molar-refractivity contribution in [1.82, 2.24) is 10.6 Å². The third-order valence-electron chi connectivity index (χ3n) is 4.35. The Morgan fingerprint density at radius 3 is 2.35 bits per heavy atom. The van der Waals surface area contributed by atoms with Crippen molar-refractivity contribution in [3.8, 4) is 0 Å². The normalized spacial score (nSPS) is 11.7. The molecule has 0 bridgehead atoms. The minimum atomic E-state index is -0.201. The highest BCUT2D eigenvalue weighted by Crippen LogP contribution is 2.18. The van der Waals surface area contributed by atoms with Crippen LogP contribution in [0.15, 0.2) is 72.8 Å². The summed E-state index contributed by atoms with van der Waals surface area (Å²) in [6.07, 6.45) is 0.253. The van der Waals surface area contributed by atoms with Gasteiger partial charge in [-0.05, 0) is 28.8 Å². The Hall–Kier alpha value is -3.14. The summed E-state index contributed by atoms with van der Waals surface area (Å²) in [6, 6.07) is 23.5. The molecule has 3 aromatic carbocycles. The van der Waals surface area contributed by atoms with Gasteiger partial charge in [0.2, 0.25) is 11.8 Å². The van der Waals surface area contributed by atoms with Crippen LogP contribution in [-0.4, -0.2) is 18.4 Å². The average molecular weight is 346 g/mol. The summed E-state index contributed by atoms with van der Waals surface area (Å²) >= 11 is 0. The summed E-state index contributed by atoms with van der Waals surface area (Å²) in [5, 5.41) is 7.76. The molecule has 3 rings (SSSR count). The van der Waals surface area contributed by atoms with Crippen molar-refractivity contribution < 1.29 is 9.59 Å². The maximum Gasteiger partial charge on any atom is 0.239 e. The Morgan fingerprint density at radius 2 is 1.54 bits per heavy atom. The molecule has 26 heavy (non-hydrogen) atoms. The first-order valence-electron chi connectivity index (χ1n) is 8.71. The van der Waals surface area contributed by atoms with Crippen LogP contribution in [0, 0.1) is 0 Å². The Morgan fingerprint density at radius 1 is 0.846 bits per heavy atom. The molecule has 0 heterocycles. The molecule has 0 fully saturated rings. The molecule has 3 aromatic rings. The highest BCUT2D eigenvalue weighted by atomic mass is 16.2. The molecule has 4 heteroatoms. The van der Waals surface area contributed by atoms with E-state index in [1.165, 1.54) is 0 Å². The van der Waals surface area contributed by atoms with Crippen molar-refractivity contribution in [3.63, 3.8) is 0 Å². The molecule has 1 atom stereocenters. The highest BCUT2D eigenvalue weighted by Gasteiger charge is 2.11. The van der Waals surface area contributed by atoms with Gasteiger partial charge >= 0.3 is 0 Å². The van der Waals surface area contributed by atoms with Gasteiger partial charge in [0.05, 0.1) is 19.0 Å². The number of amides is 2. The van der Waals surface area contributed by atoms with E-state index in [1.807, 2.05) is 79.7 Å². The third kappa shape index (κ3) is 4.48. The molecule has 2 N–H and O–H groups in total. The van der Waals surface area contributed by atoms with E-state index < -0.39 is 0 Å². The number of rotatable bonds is 6. The van der Waals surface area contributed by atoms with Crippen LogP contribution in [0.5, 0.6) is 0 Å². The number of carbonyl (C=O) groups excluding carboxylic acids is 2. The average Bonchev–Trinajstić information content (AvgIpc) is 2.67. The Labute approximate surface area is 153 Å². The van der Waals surface area contributed by atoms with Gasteiger partial charge in [0.25, 0.3) is 0 Å². The van der Waals surface area contributed by atoms with Gasteiger partial charge in [-0.25, -0.2) is 0 Å². The molecule has 0 saturated heterocycles. The van der Waals surface area contributed by atoms with Crippen LogP contribution in [0.4, 0.5) is 0 Å². The van der Waals surface area contributed by atoms with Crippen molar-refractivity contribution in [2.24, 2.45) is 0 Å². The monoisotopic (exact) mass is 346 g/mol. The standard InChI is InChI=1S/C22H22N2O2/c1-16(17-8-3-2-4-9-17)24-22(26)15-23-21(25)14-19-12-7-11-18-10-5-6-13-20(18)19/h2-13,16H,14-15H2,1H3,(H,23,25)(H,24,26)/t16-/m1/s1. The van der Waals surface area contributed by atoms with Crippen molar-refractivity contribution in [1.29, 1.82) is 0 Å². The summed E-state index contributed by atoms with van der Waals surface area (Å²) in [7, 11) is 0. The van der Waals surface area contributed by atoms with Gasteiger partial charge in [0, 0.05) is 0 Å². The predicted octanol–water partition coefficient (Wildman–Crippen LogP) is 3.38. The van der Waals surface area contributed by atoms with E-state index in [4.69, 9.17) is 0 Å². The highest BCUT2D eigenvalue weighted by molar-refractivity contribution is 5.91. The molecule has 0 aromatic heterocycles. The Kier molecular flexibility index (Phi) is 5.64. The van der Waals surface area contributed by atoms with Gasteiger partial charge in [-0.3, -0.25) is 9.59 Å². The van der Waals surface area contributed by atoms with E-state index in [2.05, 4.69) is 10.6 Å². The second-order valence-electron chi connectivity index (χ2n) is 6.29. The number of carbonyl (C=O) groups is 2. The molecular formula is C22H22N2O2. The smallest absolute Gasteiger partial charge is 0.239 e. The topological polar surface area (TPSA) is 58.2 Å². The first-order valence-corrected chi connectivity index (χ1v) is 8.71. The van der Waals surface area contributed by atoms with Crippen molar-refractivity contribution in [3.05, 3.63) is 83.9 Å². The van der Waals surface area contributed by atoms with Gasteiger partial charge in [-0.2, -0.15) is 0 Å². The Balaban J connectivity index is 1.53. The fourth-order valence-corrected chi connectivity index (χ4v) is 2.98. The molecular weight excluding hydrogens is 324 g/mol. The number of fused-ring (bicyclic) bond motifs is 1. The lowest BCUT2D eigenvalue weighted by molar-refractivity contribution is -0.126. The molecule has 0 aliphatic rings. The van der Waals surface area contributed by atoms with Gasteiger partial charge in [-0.1, -0.05) is 72.8 Å². The van der Waals surface area contributed by atoms with Gasteiger partial charge in [0.15, 0.2) is 0 Å². The fourth-order valence-electron chi connectivity index (χ4n) is 2.98. The van der Waals surface area contributed by atoms with Crippen LogP contribution < -0.4 is 10.6 Å². The summed E-state index contributed by atoms with van der Waals surface area (Å²) < 4.78 is 0. The van der Waals surface area contributed by atoms with Crippen LogP contribution >= 0.6 is 0 Å². The fraction of sp³-hybridized carbons (Fsp3) is 0.182. The summed E-state index contributed by atoms with van der Waals surface area (Å²) in [5.41, 5.74) is 1.99. The van der Waals surface area contributed by atoms with E-state index >= 15 is 0 Å². The van der Waals surface area contributed by atoms with Gasteiger partial charge in [-0.15, -0.1) is 0 Å². The van der Waals surface area contributed by atoms with Crippen LogP contribution in [0.3, 0.4) is 0 Å². The third-order valence-corrected chi connectivity index (χ3v) is 4.35. The largest absolute Gasteiger partial charge is 0.348 e. The predicted molar refractivity (Wildman–Crippen MR) is 104 cm³/mol. The molecule has 0 aliphatic heterocycles. The molecule has 0 spiro atoms. The van der Waals surface area contributed by atoms with E-state index in [0.29, 0.717) is 0 Å². The molecule has 0 aliphatic carbocycles. The Bertz CT molecular complexity index is 901. The number of hydrogen-bond acceptors (Lipinski definition) is 2. The summed E-state index contributed by atoms with van der Waals surface area (Å²) in [4.78, 5) is 24.3.